The van der Waals surface area contributed by atoms with Gasteiger partial charge >= 0.3 is 0 Å². The molecule has 1 aliphatic rings. The number of fused-ring (bicyclic) bond motifs is 2. The van der Waals surface area contributed by atoms with Crippen LogP contribution in [0.25, 0.3) is 22.0 Å². The standard InChI is InChI=1S/C16H7BrClNO2/c17-10-6-11(18)14-13-9(5-12(20)19-15(10)13)7-3-1-2-4-8(7)16(14)21/h1-6H,(H,19,20). The molecule has 1 heterocycles. The second kappa shape index (κ2) is 4.29. The van der Waals surface area contributed by atoms with Crippen LogP contribution in [0.1, 0.15) is 15.9 Å². The zero-order chi connectivity index (χ0) is 14.7. The molecule has 5 heteroatoms. The average Bonchev–Trinajstić information content (AvgIpc) is 2.46. The van der Waals surface area contributed by atoms with Crippen molar-refractivity contribution in [3.63, 3.8) is 0 Å². The first-order chi connectivity index (χ1) is 10.1. The minimum absolute atomic E-state index is 0.118. The van der Waals surface area contributed by atoms with E-state index in [0.717, 1.165) is 11.1 Å². The van der Waals surface area contributed by atoms with Gasteiger partial charge in [-0.25, -0.2) is 0 Å². The Kier molecular flexibility index (Phi) is 2.62. The summed E-state index contributed by atoms with van der Waals surface area (Å²) in [5.74, 6) is -0.118. The fourth-order valence-corrected chi connectivity index (χ4v) is 3.81. The molecule has 0 saturated carbocycles. The Labute approximate surface area is 132 Å². The Morgan fingerprint density at radius 1 is 1.00 bits per heavy atom. The molecule has 0 radical (unpaired) electrons. The van der Waals surface area contributed by atoms with E-state index in [1.807, 2.05) is 12.1 Å². The summed E-state index contributed by atoms with van der Waals surface area (Å²) in [6.07, 6.45) is 0. The van der Waals surface area contributed by atoms with E-state index in [9.17, 15) is 9.59 Å². The van der Waals surface area contributed by atoms with Gasteiger partial charge in [0.05, 0.1) is 16.1 Å². The van der Waals surface area contributed by atoms with Crippen molar-refractivity contribution >= 4 is 44.2 Å². The van der Waals surface area contributed by atoms with E-state index in [-0.39, 0.29) is 11.3 Å². The van der Waals surface area contributed by atoms with E-state index < -0.39 is 0 Å². The number of benzene rings is 2. The van der Waals surface area contributed by atoms with Crippen LogP contribution in [-0.4, -0.2) is 10.8 Å². The Bertz CT molecular complexity index is 1010. The third-order valence-electron chi connectivity index (χ3n) is 3.71. The molecule has 21 heavy (non-hydrogen) atoms. The quantitative estimate of drug-likeness (QED) is 0.512. The summed E-state index contributed by atoms with van der Waals surface area (Å²) in [4.78, 5) is 27.4. The third kappa shape index (κ3) is 1.66. The van der Waals surface area contributed by atoms with Gasteiger partial charge in [-0.15, -0.1) is 0 Å². The zero-order valence-corrected chi connectivity index (χ0v) is 12.9. The first-order valence-electron chi connectivity index (χ1n) is 6.27. The SMILES string of the molecule is O=C1c2ccccc2-c2cc(=O)[nH]c3c(Br)cc(Cl)c1c23. The number of nitrogens with one attached hydrogen (secondary N) is 1. The number of halogens is 2. The number of hydrogen-bond donors (Lipinski definition) is 1. The van der Waals surface area contributed by atoms with Gasteiger partial charge in [-0.2, -0.15) is 0 Å². The number of carbonyl (C=O) groups is 1. The largest absolute Gasteiger partial charge is 0.321 e. The average molecular weight is 361 g/mol. The molecule has 0 aliphatic heterocycles. The lowest BCUT2D eigenvalue weighted by atomic mass is 9.84. The zero-order valence-electron chi connectivity index (χ0n) is 10.5. The van der Waals surface area contributed by atoms with Gasteiger partial charge in [0.25, 0.3) is 0 Å². The highest BCUT2D eigenvalue weighted by molar-refractivity contribution is 9.10. The van der Waals surface area contributed by atoms with E-state index in [1.54, 1.807) is 18.2 Å². The van der Waals surface area contributed by atoms with E-state index >= 15 is 0 Å². The molecular formula is C16H7BrClNO2. The van der Waals surface area contributed by atoms with Crippen LogP contribution in [0.5, 0.6) is 0 Å². The number of aromatic nitrogens is 1. The number of pyridine rings is 1. The van der Waals surface area contributed by atoms with Gasteiger partial charge in [0.15, 0.2) is 5.78 Å². The second-order valence-electron chi connectivity index (χ2n) is 4.89. The molecule has 1 aliphatic carbocycles. The molecule has 0 bridgehead atoms. The van der Waals surface area contributed by atoms with Crippen molar-refractivity contribution < 1.29 is 4.79 Å². The molecule has 0 spiro atoms. The number of hydrogen-bond acceptors (Lipinski definition) is 2. The summed E-state index contributed by atoms with van der Waals surface area (Å²) in [5.41, 5.74) is 2.90. The number of ketones is 1. The molecule has 4 rings (SSSR count). The summed E-state index contributed by atoms with van der Waals surface area (Å²) in [5, 5.41) is 1.07. The Balaban J connectivity index is 2.35. The van der Waals surface area contributed by atoms with Crippen molar-refractivity contribution in [2.75, 3.05) is 0 Å². The van der Waals surface area contributed by atoms with E-state index in [0.29, 0.717) is 31.5 Å². The lowest BCUT2D eigenvalue weighted by Crippen LogP contribution is -2.15. The molecule has 3 aromatic rings. The molecule has 102 valence electrons. The highest BCUT2D eigenvalue weighted by atomic mass is 79.9. The molecular weight excluding hydrogens is 354 g/mol. The minimum Gasteiger partial charge on any atom is -0.321 e. The smallest absolute Gasteiger partial charge is 0.249 e. The first kappa shape index (κ1) is 12.8. The molecule has 0 fully saturated rings. The van der Waals surface area contributed by atoms with E-state index in [1.165, 1.54) is 6.07 Å². The van der Waals surface area contributed by atoms with Gasteiger partial charge < -0.3 is 4.98 Å². The van der Waals surface area contributed by atoms with Crippen LogP contribution < -0.4 is 5.56 Å². The van der Waals surface area contributed by atoms with Gasteiger partial charge in [-0.05, 0) is 33.1 Å². The molecule has 0 amide bonds. The van der Waals surface area contributed by atoms with Crippen LogP contribution in [0.15, 0.2) is 45.7 Å². The predicted octanol–water partition coefficient (Wildman–Crippen LogP) is 4.16. The van der Waals surface area contributed by atoms with Gasteiger partial charge in [0.1, 0.15) is 0 Å². The van der Waals surface area contributed by atoms with Crippen LogP contribution >= 0.6 is 27.5 Å². The fraction of sp³-hybridized carbons (Fsp3) is 0. The van der Waals surface area contributed by atoms with Gasteiger partial charge in [-0.1, -0.05) is 35.9 Å². The molecule has 1 aromatic heterocycles. The summed E-state index contributed by atoms with van der Waals surface area (Å²) < 4.78 is 0.664. The lowest BCUT2D eigenvalue weighted by Gasteiger charge is -2.20. The van der Waals surface area contributed by atoms with Crippen molar-refractivity contribution in [1.29, 1.82) is 0 Å². The predicted molar refractivity (Wildman–Crippen MR) is 86.1 cm³/mol. The maximum atomic E-state index is 12.7. The third-order valence-corrected chi connectivity index (χ3v) is 4.64. The monoisotopic (exact) mass is 359 g/mol. The van der Waals surface area contributed by atoms with Gasteiger partial charge in [-0.3, -0.25) is 9.59 Å². The lowest BCUT2D eigenvalue weighted by molar-refractivity contribution is 0.104. The van der Waals surface area contributed by atoms with Crippen molar-refractivity contribution in [1.82, 2.24) is 4.98 Å². The van der Waals surface area contributed by atoms with Crippen molar-refractivity contribution in [3.05, 3.63) is 67.4 Å². The van der Waals surface area contributed by atoms with Crippen molar-refractivity contribution in [3.8, 4) is 11.1 Å². The molecule has 0 atom stereocenters. The second-order valence-corrected chi connectivity index (χ2v) is 6.15. The molecule has 3 nitrogen and oxygen atoms in total. The highest BCUT2D eigenvalue weighted by Gasteiger charge is 2.28. The highest BCUT2D eigenvalue weighted by Crippen LogP contribution is 2.42. The Hall–Kier alpha value is -1.91. The molecule has 0 unspecified atom stereocenters. The fourth-order valence-electron chi connectivity index (χ4n) is 2.86. The molecule has 0 saturated heterocycles. The van der Waals surface area contributed by atoms with Crippen molar-refractivity contribution in [2.24, 2.45) is 0 Å². The summed E-state index contributed by atoms with van der Waals surface area (Å²) in [6.45, 7) is 0. The van der Waals surface area contributed by atoms with E-state index in [4.69, 9.17) is 11.6 Å². The Morgan fingerprint density at radius 2 is 1.71 bits per heavy atom. The molecule has 1 N–H and O–H groups in total. The van der Waals surface area contributed by atoms with Crippen LogP contribution in [0, 0.1) is 0 Å². The number of carbonyl (C=O) groups excluding carboxylic acids is 1. The van der Waals surface area contributed by atoms with Crippen LogP contribution in [-0.2, 0) is 0 Å². The van der Waals surface area contributed by atoms with Crippen LogP contribution in [0.3, 0.4) is 0 Å². The van der Waals surface area contributed by atoms with Crippen LogP contribution in [0.2, 0.25) is 5.02 Å². The minimum atomic E-state index is -0.212. The normalized spacial score (nSPS) is 12.6. The van der Waals surface area contributed by atoms with Gasteiger partial charge in [0, 0.05) is 21.5 Å². The maximum Gasteiger partial charge on any atom is 0.249 e. The van der Waals surface area contributed by atoms with Crippen LogP contribution in [0.4, 0.5) is 0 Å². The number of H-pyrrole nitrogens is 1. The van der Waals surface area contributed by atoms with Gasteiger partial charge in [0.2, 0.25) is 5.56 Å². The van der Waals surface area contributed by atoms with Crippen molar-refractivity contribution in [2.45, 2.75) is 0 Å². The topological polar surface area (TPSA) is 49.9 Å². The summed E-state index contributed by atoms with van der Waals surface area (Å²) in [7, 11) is 0. The maximum absolute atomic E-state index is 12.7. The number of rotatable bonds is 0. The summed E-state index contributed by atoms with van der Waals surface area (Å²) in [6, 6.07) is 10.4. The Morgan fingerprint density at radius 3 is 2.48 bits per heavy atom. The van der Waals surface area contributed by atoms with E-state index in [2.05, 4.69) is 20.9 Å². The molecule has 2 aromatic carbocycles. The first-order valence-corrected chi connectivity index (χ1v) is 7.44. The summed E-state index contributed by atoms with van der Waals surface area (Å²) >= 11 is 9.67. The number of aromatic amines is 1.